The zero-order valence-corrected chi connectivity index (χ0v) is 17.4. The van der Waals surface area contributed by atoms with Crippen LogP contribution in [0.1, 0.15) is 17.3 Å². The van der Waals surface area contributed by atoms with E-state index in [9.17, 15) is 8.78 Å². The maximum absolute atomic E-state index is 14.1. The van der Waals surface area contributed by atoms with E-state index in [1.807, 2.05) is 35.2 Å². The molecule has 3 aromatic carbocycles. The van der Waals surface area contributed by atoms with E-state index in [0.29, 0.717) is 34.3 Å². The summed E-state index contributed by atoms with van der Waals surface area (Å²) in [5.74, 6) is 1.09. The van der Waals surface area contributed by atoms with Gasteiger partial charge >= 0.3 is 0 Å². The monoisotopic (exact) mass is 436 g/mol. The second-order valence-electron chi connectivity index (χ2n) is 7.31. The van der Waals surface area contributed by atoms with Gasteiger partial charge in [-0.15, -0.1) is 0 Å². The lowest BCUT2D eigenvalue weighted by atomic mass is 9.98. The molecular formula is C24H18F2N2O2S. The van der Waals surface area contributed by atoms with Crippen LogP contribution in [0.5, 0.6) is 11.5 Å². The van der Waals surface area contributed by atoms with Gasteiger partial charge < -0.3 is 14.8 Å². The van der Waals surface area contributed by atoms with E-state index in [-0.39, 0.29) is 11.6 Å². The number of thiocarbonyl (C=S) groups is 1. The Labute approximate surface area is 183 Å². The van der Waals surface area contributed by atoms with Crippen LogP contribution in [-0.2, 0) is 6.42 Å². The average molecular weight is 436 g/mol. The quantitative estimate of drug-likeness (QED) is 0.567. The predicted octanol–water partition coefficient (Wildman–Crippen LogP) is 5.26. The molecule has 156 valence electrons. The second-order valence-corrected chi connectivity index (χ2v) is 7.72. The van der Waals surface area contributed by atoms with Crippen molar-refractivity contribution in [3.8, 4) is 11.5 Å². The van der Waals surface area contributed by atoms with E-state index in [4.69, 9.17) is 21.7 Å². The average Bonchev–Trinajstić information content (AvgIpc) is 2.78. The van der Waals surface area contributed by atoms with Gasteiger partial charge in [0.1, 0.15) is 34.3 Å². The third kappa shape index (κ3) is 3.51. The summed E-state index contributed by atoms with van der Waals surface area (Å²) in [4.78, 5) is 2.39. The van der Waals surface area contributed by atoms with Crippen LogP contribution in [0.3, 0.4) is 0 Å². The first-order valence-electron chi connectivity index (χ1n) is 9.72. The Hall–Kier alpha value is -3.45. The molecule has 31 heavy (non-hydrogen) atoms. The van der Waals surface area contributed by atoms with Gasteiger partial charge in [-0.2, -0.15) is 0 Å². The maximum atomic E-state index is 14.1. The zero-order chi connectivity index (χ0) is 21.5. The van der Waals surface area contributed by atoms with Crippen molar-refractivity contribution >= 4 is 22.9 Å². The van der Waals surface area contributed by atoms with E-state index in [1.165, 1.54) is 24.3 Å². The van der Waals surface area contributed by atoms with Crippen LogP contribution in [0.25, 0.3) is 0 Å². The van der Waals surface area contributed by atoms with Crippen molar-refractivity contribution in [1.82, 2.24) is 5.32 Å². The molecule has 0 bridgehead atoms. The number of ether oxygens (including phenoxy) is 2. The smallest absolute Gasteiger partial charge is 0.208 e. The minimum absolute atomic E-state index is 0.334. The van der Waals surface area contributed by atoms with Crippen molar-refractivity contribution in [2.24, 2.45) is 0 Å². The molecule has 0 saturated carbocycles. The normalized spacial score (nSPS) is 17.5. The molecule has 3 aromatic rings. The molecule has 1 unspecified atom stereocenters. The molecule has 1 N–H and O–H groups in total. The highest BCUT2D eigenvalue weighted by molar-refractivity contribution is 7.80. The van der Waals surface area contributed by atoms with Crippen LogP contribution in [0.4, 0.5) is 14.5 Å². The number of fused-ring (bicyclic) bond motifs is 1. The number of halogens is 2. The van der Waals surface area contributed by atoms with Crippen LogP contribution in [0.2, 0.25) is 0 Å². The molecule has 2 aliphatic rings. The van der Waals surface area contributed by atoms with E-state index >= 15 is 0 Å². The highest BCUT2D eigenvalue weighted by atomic mass is 32.1. The summed E-state index contributed by atoms with van der Waals surface area (Å²) in [5.41, 5.74) is 2.94. The second kappa shape index (κ2) is 7.67. The number of nitrogens with zero attached hydrogens (tertiary/aromatic N) is 1. The summed E-state index contributed by atoms with van der Waals surface area (Å²) in [7, 11) is 1.61. The molecule has 1 atom stereocenters. The summed E-state index contributed by atoms with van der Waals surface area (Å²) >= 11 is 5.65. The number of anilines is 1. The molecule has 0 aromatic heterocycles. The minimum Gasteiger partial charge on any atom is -0.497 e. The van der Waals surface area contributed by atoms with E-state index in [0.717, 1.165) is 16.9 Å². The fourth-order valence-corrected chi connectivity index (χ4v) is 4.16. The molecule has 4 nitrogen and oxygen atoms in total. The van der Waals surface area contributed by atoms with E-state index < -0.39 is 6.17 Å². The predicted molar refractivity (Wildman–Crippen MR) is 118 cm³/mol. The first kappa shape index (κ1) is 19.5. The highest BCUT2D eigenvalue weighted by Crippen LogP contribution is 2.41. The van der Waals surface area contributed by atoms with Crippen molar-refractivity contribution in [3.63, 3.8) is 0 Å². The summed E-state index contributed by atoms with van der Waals surface area (Å²) in [6.07, 6.45) is -0.0176. The summed E-state index contributed by atoms with van der Waals surface area (Å²) < 4.78 is 39.4. The van der Waals surface area contributed by atoms with Gasteiger partial charge in [0.2, 0.25) is 5.88 Å². The molecule has 0 saturated heterocycles. The molecular weight excluding hydrogens is 418 g/mol. The highest BCUT2D eigenvalue weighted by Gasteiger charge is 2.37. The van der Waals surface area contributed by atoms with Gasteiger partial charge in [0.25, 0.3) is 0 Å². The largest absolute Gasteiger partial charge is 0.497 e. The van der Waals surface area contributed by atoms with Gasteiger partial charge in [0.15, 0.2) is 0 Å². The first-order chi connectivity index (χ1) is 15.0. The van der Waals surface area contributed by atoms with Gasteiger partial charge in [0.05, 0.1) is 12.7 Å². The van der Waals surface area contributed by atoms with Crippen LogP contribution in [-0.4, -0.2) is 12.1 Å². The molecule has 2 aliphatic heterocycles. The van der Waals surface area contributed by atoms with Crippen molar-refractivity contribution in [2.45, 2.75) is 12.6 Å². The molecule has 0 radical (unpaired) electrons. The van der Waals surface area contributed by atoms with Crippen molar-refractivity contribution in [1.29, 1.82) is 0 Å². The Bertz CT molecular complexity index is 1210. The van der Waals surface area contributed by atoms with Gasteiger partial charge in [0, 0.05) is 17.7 Å². The maximum Gasteiger partial charge on any atom is 0.208 e. The van der Waals surface area contributed by atoms with Gasteiger partial charge in [-0.3, -0.25) is 4.90 Å². The molecule has 0 aliphatic carbocycles. The summed E-state index contributed by atoms with van der Waals surface area (Å²) in [6, 6.07) is 18.3. The lowest BCUT2D eigenvalue weighted by molar-refractivity contribution is 0.358. The van der Waals surface area contributed by atoms with Crippen LogP contribution < -0.4 is 19.7 Å². The molecule has 0 fully saturated rings. The first-order valence-corrected chi connectivity index (χ1v) is 10.1. The van der Waals surface area contributed by atoms with Crippen LogP contribution in [0, 0.1) is 11.6 Å². The molecule has 7 heteroatoms. The summed E-state index contributed by atoms with van der Waals surface area (Å²) in [5, 5.41) is 3.35. The third-order valence-electron chi connectivity index (χ3n) is 5.39. The lowest BCUT2D eigenvalue weighted by Gasteiger charge is -2.42. The number of methoxy groups -OCH3 is 1. The Morgan fingerprint density at radius 2 is 1.81 bits per heavy atom. The van der Waals surface area contributed by atoms with Crippen molar-refractivity contribution in [3.05, 3.63) is 101 Å². The van der Waals surface area contributed by atoms with Crippen LogP contribution >= 0.6 is 12.2 Å². The van der Waals surface area contributed by atoms with E-state index in [1.54, 1.807) is 19.2 Å². The zero-order valence-electron chi connectivity index (χ0n) is 16.6. The fourth-order valence-electron chi connectivity index (χ4n) is 3.89. The van der Waals surface area contributed by atoms with Crippen molar-refractivity contribution < 1.29 is 18.3 Å². The van der Waals surface area contributed by atoms with Crippen molar-refractivity contribution in [2.75, 3.05) is 12.0 Å². The Balaban J connectivity index is 1.65. The Kier molecular flexibility index (Phi) is 4.82. The molecule has 5 rings (SSSR count). The third-order valence-corrected chi connectivity index (χ3v) is 5.76. The molecule has 0 amide bonds. The minimum atomic E-state index is -0.430. The number of benzene rings is 3. The number of hydrogen-bond donors (Lipinski definition) is 1. The fraction of sp³-hybridized carbons (Fsp3) is 0.125. The van der Waals surface area contributed by atoms with Crippen LogP contribution in [0.15, 0.2) is 78.2 Å². The summed E-state index contributed by atoms with van der Waals surface area (Å²) in [6.45, 7) is 0. The van der Waals surface area contributed by atoms with Gasteiger partial charge in [-0.25, -0.2) is 8.78 Å². The van der Waals surface area contributed by atoms with Gasteiger partial charge in [-0.1, -0.05) is 30.4 Å². The SMILES string of the molecule is COc1ccc(C2NC(=S)C3=C(Oc4ccc(F)cc4C3)N2c2cccc(F)c2)cc1. The molecule has 0 spiro atoms. The lowest BCUT2D eigenvalue weighted by Crippen LogP contribution is -2.49. The number of hydrogen-bond acceptors (Lipinski definition) is 4. The standard InChI is InChI=1S/C24H18F2N2O2S/c1-29-19-8-5-14(6-9-19)22-27-23(31)20-12-15-11-17(26)7-10-21(15)30-24(20)28(22)18-4-2-3-16(25)13-18/h2-11,13,22H,12H2,1H3,(H,27,31). The number of rotatable bonds is 3. The topological polar surface area (TPSA) is 33.7 Å². The Morgan fingerprint density at radius 3 is 2.55 bits per heavy atom. The molecule has 2 heterocycles. The number of nitrogens with one attached hydrogen (secondary N) is 1. The van der Waals surface area contributed by atoms with E-state index in [2.05, 4.69) is 5.32 Å². The van der Waals surface area contributed by atoms with Gasteiger partial charge in [-0.05, 0) is 54.1 Å². The Morgan fingerprint density at radius 1 is 1.03 bits per heavy atom.